The number of halogens is 1. The van der Waals surface area contributed by atoms with Crippen LogP contribution in [-0.4, -0.2) is 46.0 Å². The lowest BCUT2D eigenvalue weighted by atomic mass is 10.0. The predicted octanol–water partition coefficient (Wildman–Crippen LogP) is 2.46. The van der Waals surface area contributed by atoms with Gasteiger partial charge in [0.05, 0.1) is 24.4 Å². The van der Waals surface area contributed by atoms with Crippen LogP contribution < -0.4 is 10.1 Å². The SMILES string of the molecule is COc1c(O)cc2c(O)c1CCOC(=O)c1c(O)cc(O)c(Cl)c1CCC(=O)N2. The molecule has 10 heteroatoms. The Labute approximate surface area is 170 Å². The molecule has 2 aromatic rings. The number of anilines is 1. The maximum absolute atomic E-state index is 12.5. The van der Waals surface area contributed by atoms with Gasteiger partial charge in [0.1, 0.15) is 22.8 Å². The normalized spacial score (nSPS) is 14.6. The van der Waals surface area contributed by atoms with Crippen molar-refractivity contribution in [1.29, 1.82) is 0 Å². The second-order valence-corrected chi connectivity index (χ2v) is 6.70. The van der Waals surface area contributed by atoms with Gasteiger partial charge in [-0.2, -0.15) is 0 Å². The number of esters is 1. The number of hydrogen-bond donors (Lipinski definition) is 5. The van der Waals surface area contributed by atoms with Crippen molar-refractivity contribution in [3.63, 3.8) is 0 Å². The summed E-state index contributed by atoms with van der Waals surface area (Å²) in [4.78, 5) is 24.9. The van der Waals surface area contributed by atoms with E-state index in [4.69, 9.17) is 21.1 Å². The summed E-state index contributed by atoms with van der Waals surface area (Å²) in [6.07, 6.45) is -0.364. The van der Waals surface area contributed by atoms with Crippen molar-refractivity contribution in [2.24, 2.45) is 0 Å². The molecule has 0 unspecified atom stereocenters. The summed E-state index contributed by atoms with van der Waals surface area (Å²) >= 11 is 6.07. The number of amides is 1. The summed E-state index contributed by atoms with van der Waals surface area (Å²) in [5.41, 5.74) is -0.118. The van der Waals surface area contributed by atoms with E-state index in [1.807, 2.05) is 0 Å². The van der Waals surface area contributed by atoms with Crippen LogP contribution >= 0.6 is 11.6 Å². The largest absolute Gasteiger partial charge is 0.507 e. The van der Waals surface area contributed by atoms with Crippen LogP contribution in [-0.2, 0) is 22.4 Å². The average molecular weight is 424 g/mol. The second kappa shape index (κ2) is 7.96. The van der Waals surface area contributed by atoms with E-state index in [0.717, 1.165) is 12.1 Å². The molecule has 5 N–H and O–H groups in total. The van der Waals surface area contributed by atoms with Gasteiger partial charge in [-0.25, -0.2) is 4.79 Å². The number of methoxy groups -OCH3 is 1. The van der Waals surface area contributed by atoms with Crippen LogP contribution in [0.15, 0.2) is 12.1 Å². The molecule has 3 rings (SSSR count). The van der Waals surface area contributed by atoms with Crippen LogP contribution in [0.3, 0.4) is 0 Å². The highest BCUT2D eigenvalue weighted by atomic mass is 35.5. The van der Waals surface area contributed by atoms with Gasteiger partial charge in [0.15, 0.2) is 11.5 Å². The first kappa shape index (κ1) is 20.4. The average Bonchev–Trinajstić information content (AvgIpc) is 2.66. The minimum Gasteiger partial charge on any atom is -0.507 e. The number of carbonyl (C=O) groups is 2. The van der Waals surface area contributed by atoms with Gasteiger partial charge >= 0.3 is 5.97 Å². The van der Waals surface area contributed by atoms with E-state index in [1.165, 1.54) is 7.11 Å². The molecule has 0 fully saturated rings. The number of nitrogens with one attached hydrogen (secondary N) is 1. The maximum atomic E-state index is 12.5. The highest BCUT2D eigenvalue weighted by Gasteiger charge is 2.26. The van der Waals surface area contributed by atoms with Crippen LogP contribution in [0.2, 0.25) is 5.02 Å². The number of phenols is 4. The van der Waals surface area contributed by atoms with Gasteiger partial charge in [0, 0.05) is 30.5 Å². The Morgan fingerprint density at radius 2 is 1.72 bits per heavy atom. The van der Waals surface area contributed by atoms with Crippen molar-refractivity contribution in [1.82, 2.24) is 0 Å². The molecule has 2 bridgehead atoms. The molecular weight excluding hydrogens is 406 g/mol. The molecule has 1 aliphatic heterocycles. The maximum Gasteiger partial charge on any atom is 0.342 e. The van der Waals surface area contributed by atoms with Gasteiger partial charge in [0.2, 0.25) is 5.91 Å². The fourth-order valence-corrected chi connectivity index (χ4v) is 3.41. The Morgan fingerprint density at radius 1 is 1.00 bits per heavy atom. The van der Waals surface area contributed by atoms with E-state index >= 15 is 0 Å². The van der Waals surface area contributed by atoms with Crippen molar-refractivity contribution in [3.05, 3.63) is 33.8 Å². The molecule has 0 aromatic heterocycles. The molecule has 2 aromatic carbocycles. The summed E-state index contributed by atoms with van der Waals surface area (Å²) in [5, 5.41) is 42.9. The number of phenolic OH excluding ortho intramolecular Hbond substituents is 4. The summed E-state index contributed by atoms with van der Waals surface area (Å²) < 4.78 is 10.3. The molecule has 1 amide bonds. The van der Waals surface area contributed by atoms with E-state index in [-0.39, 0.29) is 70.5 Å². The molecular formula is C19H18ClNO8. The molecule has 0 radical (unpaired) electrons. The monoisotopic (exact) mass is 423 g/mol. The van der Waals surface area contributed by atoms with Crippen molar-refractivity contribution < 1.29 is 39.5 Å². The number of ether oxygens (including phenoxy) is 2. The third-order valence-corrected chi connectivity index (χ3v) is 4.94. The van der Waals surface area contributed by atoms with E-state index in [9.17, 15) is 30.0 Å². The molecule has 9 nitrogen and oxygen atoms in total. The first-order valence-electron chi connectivity index (χ1n) is 8.56. The Hall–Kier alpha value is -3.33. The molecule has 0 aliphatic carbocycles. The molecule has 0 saturated carbocycles. The summed E-state index contributed by atoms with van der Waals surface area (Å²) in [7, 11) is 1.29. The van der Waals surface area contributed by atoms with Crippen molar-refractivity contribution in [2.45, 2.75) is 19.3 Å². The third kappa shape index (κ3) is 3.81. The van der Waals surface area contributed by atoms with Gasteiger partial charge in [-0.15, -0.1) is 0 Å². The van der Waals surface area contributed by atoms with E-state index < -0.39 is 23.4 Å². The van der Waals surface area contributed by atoms with Crippen LogP contribution in [0.4, 0.5) is 5.69 Å². The van der Waals surface area contributed by atoms with Gasteiger partial charge in [-0.05, 0) is 12.0 Å². The fraction of sp³-hybridized carbons (Fsp3) is 0.263. The third-order valence-electron chi connectivity index (χ3n) is 4.52. The molecule has 1 heterocycles. The number of carbonyl (C=O) groups excluding carboxylic acids is 2. The standard InChI is InChI=1S/C19H18ClNO8/c1-28-18-9-4-5-29-19(27)15-8(16(20)12(23)7-11(15)22)2-3-14(25)21-10(17(9)26)6-13(18)24/h6-7,22-24,26H,2-5H2,1H3,(H,21,25). The quantitative estimate of drug-likeness (QED) is 0.267. The van der Waals surface area contributed by atoms with Crippen LogP contribution in [0.5, 0.6) is 28.7 Å². The number of fused-ring (bicyclic) bond motifs is 3. The number of hydrogen-bond acceptors (Lipinski definition) is 8. The van der Waals surface area contributed by atoms with Crippen LogP contribution in [0.1, 0.15) is 27.9 Å². The lowest BCUT2D eigenvalue weighted by Gasteiger charge is -2.16. The smallest absolute Gasteiger partial charge is 0.342 e. The first-order chi connectivity index (χ1) is 13.7. The second-order valence-electron chi connectivity index (χ2n) is 6.32. The van der Waals surface area contributed by atoms with Crippen LogP contribution in [0, 0.1) is 0 Å². The summed E-state index contributed by atoms with van der Waals surface area (Å²) in [6, 6.07) is 2.05. The number of rotatable bonds is 1. The number of benzene rings is 2. The van der Waals surface area contributed by atoms with Gasteiger partial charge < -0.3 is 35.2 Å². The van der Waals surface area contributed by atoms with Crippen molar-refractivity contribution in [3.8, 4) is 28.7 Å². The van der Waals surface area contributed by atoms with E-state index in [2.05, 4.69) is 5.32 Å². The highest BCUT2D eigenvalue weighted by molar-refractivity contribution is 6.33. The lowest BCUT2D eigenvalue weighted by molar-refractivity contribution is -0.116. The van der Waals surface area contributed by atoms with Gasteiger partial charge in [-0.3, -0.25) is 4.79 Å². The zero-order chi connectivity index (χ0) is 21.3. The first-order valence-corrected chi connectivity index (χ1v) is 8.94. The lowest BCUT2D eigenvalue weighted by Crippen LogP contribution is -2.14. The minimum atomic E-state index is -0.919. The minimum absolute atomic E-state index is 0.0253. The Bertz CT molecular complexity index is 1000. The van der Waals surface area contributed by atoms with Gasteiger partial charge in [-0.1, -0.05) is 11.6 Å². The summed E-state index contributed by atoms with van der Waals surface area (Å²) in [5.74, 6) is -3.14. The highest BCUT2D eigenvalue weighted by Crippen LogP contribution is 2.43. The summed E-state index contributed by atoms with van der Waals surface area (Å²) in [6.45, 7) is -0.239. The molecule has 154 valence electrons. The Morgan fingerprint density at radius 3 is 2.41 bits per heavy atom. The molecule has 0 atom stereocenters. The molecule has 29 heavy (non-hydrogen) atoms. The van der Waals surface area contributed by atoms with Crippen molar-refractivity contribution >= 4 is 29.2 Å². The number of aromatic hydroxyl groups is 4. The fourth-order valence-electron chi connectivity index (χ4n) is 3.17. The van der Waals surface area contributed by atoms with Crippen molar-refractivity contribution in [2.75, 3.05) is 19.0 Å². The number of cyclic esters (lactones) is 1. The van der Waals surface area contributed by atoms with E-state index in [1.54, 1.807) is 0 Å². The predicted molar refractivity (Wildman–Crippen MR) is 102 cm³/mol. The zero-order valence-electron chi connectivity index (χ0n) is 15.3. The van der Waals surface area contributed by atoms with Crippen LogP contribution in [0.25, 0.3) is 0 Å². The Balaban J connectivity index is 2.08. The van der Waals surface area contributed by atoms with Gasteiger partial charge in [0.25, 0.3) is 0 Å². The Kier molecular flexibility index (Phi) is 5.60. The molecule has 0 spiro atoms. The van der Waals surface area contributed by atoms with E-state index in [0.29, 0.717) is 0 Å². The molecule has 1 aliphatic rings. The topological polar surface area (TPSA) is 146 Å². The zero-order valence-corrected chi connectivity index (χ0v) is 16.0. The molecule has 0 saturated heterocycles.